The SMILES string of the molecule is C[C](C)(C)[Mg+2].Cc1ccc(S(=O)(=O)O)cc1. The fourth-order valence-electron chi connectivity index (χ4n) is 0.710. The van der Waals surface area contributed by atoms with Crippen molar-refractivity contribution in [2.24, 2.45) is 0 Å². The largest absolute Gasteiger partial charge is 1.42 e. The van der Waals surface area contributed by atoms with Crippen molar-refractivity contribution in [3.05, 3.63) is 29.8 Å². The molecule has 0 fully saturated rings. The molecule has 0 spiro atoms. The van der Waals surface area contributed by atoms with E-state index >= 15 is 0 Å². The van der Waals surface area contributed by atoms with Gasteiger partial charge in [-0.2, -0.15) is 8.42 Å². The van der Waals surface area contributed by atoms with E-state index in [9.17, 15) is 8.42 Å². The van der Waals surface area contributed by atoms with Crippen molar-refractivity contribution < 1.29 is 13.0 Å². The van der Waals surface area contributed by atoms with E-state index in [2.05, 4.69) is 20.8 Å². The van der Waals surface area contributed by atoms with Crippen molar-refractivity contribution in [3.8, 4) is 0 Å². The summed E-state index contributed by atoms with van der Waals surface area (Å²) in [7, 11) is -4.02. The number of rotatable bonds is 1. The average molecular weight is 254 g/mol. The first-order chi connectivity index (χ1) is 7.00. The van der Waals surface area contributed by atoms with E-state index in [0.29, 0.717) is 3.54 Å². The van der Waals surface area contributed by atoms with Crippen molar-refractivity contribution in [3.63, 3.8) is 0 Å². The van der Waals surface area contributed by atoms with Crippen molar-refractivity contribution in [1.82, 2.24) is 0 Å². The Morgan fingerprint density at radius 2 is 1.44 bits per heavy atom. The van der Waals surface area contributed by atoms with Crippen LogP contribution in [0.4, 0.5) is 0 Å². The van der Waals surface area contributed by atoms with Crippen molar-refractivity contribution in [2.45, 2.75) is 36.1 Å². The lowest BCUT2D eigenvalue weighted by molar-refractivity contribution is 0.483. The van der Waals surface area contributed by atoms with Crippen LogP contribution < -0.4 is 0 Å². The Labute approximate surface area is 110 Å². The Bertz CT molecular complexity index is 410. The summed E-state index contributed by atoms with van der Waals surface area (Å²) in [5, 5.41) is 0. The molecule has 1 rings (SSSR count). The van der Waals surface area contributed by atoms with Gasteiger partial charge in [-0.15, -0.1) is 0 Å². The Hall–Kier alpha value is -0.104. The number of hydrogen-bond acceptors (Lipinski definition) is 2. The van der Waals surface area contributed by atoms with Crippen LogP contribution in [0.2, 0.25) is 3.54 Å². The molecule has 3 nitrogen and oxygen atoms in total. The van der Waals surface area contributed by atoms with E-state index in [-0.39, 0.29) is 4.90 Å². The molecule has 1 aromatic carbocycles. The summed E-state index contributed by atoms with van der Waals surface area (Å²) < 4.78 is 30.1. The van der Waals surface area contributed by atoms with Gasteiger partial charge in [-0.1, -0.05) is 17.7 Å². The van der Waals surface area contributed by atoms with Gasteiger partial charge in [0.1, 0.15) is 0 Å². The van der Waals surface area contributed by atoms with Gasteiger partial charge in [0, 0.05) is 20.8 Å². The second-order valence-electron chi connectivity index (χ2n) is 4.85. The first-order valence-electron chi connectivity index (χ1n) is 4.89. The molecule has 5 heteroatoms. The highest BCUT2D eigenvalue weighted by molar-refractivity contribution is 7.85. The second kappa shape index (κ2) is 6.00. The van der Waals surface area contributed by atoms with Gasteiger partial charge in [-0.3, -0.25) is 4.55 Å². The van der Waals surface area contributed by atoms with E-state index in [1.54, 1.807) is 12.1 Å². The standard InChI is InChI=1S/C7H8O3S.C4H9.Mg/c1-6-2-4-7(5-3-6)11(8,9)10;1-4(2)3;/h2-5H,1H3,(H,8,9,10);1-3H3;/q;;+2. The Kier molecular flexibility index (Phi) is 5.96. The molecule has 0 aromatic heterocycles. The molecule has 0 aliphatic carbocycles. The van der Waals surface area contributed by atoms with Gasteiger partial charge in [0.2, 0.25) is 0 Å². The first kappa shape index (κ1) is 15.9. The minimum absolute atomic E-state index is 0.0666. The molecule has 1 N–H and O–H groups in total. The van der Waals surface area contributed by atoms with Crippen LogP contribution in [0, 0.1) is 6.92 Å². The predicted molar refractivity (Wildman–Crippen MR) is 66.5 cm³/mol. The number of aryl methyl sites for hydroxylation is 1. The fraction of sp³-hybridized carbons (Fsp3) is 0.455. The zero-order chi connectivity index (χ0) is 13.0. The lowest BCUT2D eigenvalue weighted by Gasteiger charge is -1.95. The van der Waals surface area contributed by atoms with Crippen LogP contribution in [-0.4, -0.2) is 34.7 Å². The predicted octanol–water partition coefficient (Wildman–Crippen LogP) is 2.62. The quantitative estimate of drug-likeness (QED) is 0.618. The zero-order valence-electron chi connectivity index (χ0n) is 10.2. The summed E-state index contributed by atoms with van der Waals surface area (Å²) in [6.07, 6.45) is 0. The average Bonchev–Trinajstić information content (AvgIpc) is 1.99. The molecule has 7 radical (unpaired) electrons. The maximum Gasteiger partial charge on any atom is 1.42 e. The summed E-state index contributed by atoms with van der Waals surface area (Å²) in [6.45, 7) is 8.44. The maximum atomic E-state index is 10.5. The summed E-state index contributed by atoms with van der Waals surface area (Å²) >= 11 is 2.01. The van der Waals surface area contributed by atoms with Crippen LogP contribution in [0.25, 0.3) is 0 Å². The molecule has 85 valence electrons. The molecule has 1 aromatic rings. The van der Waals surface area contributed by atoms with Crippen molar-refractivity contribution >= 4 is 31.8 Å². The van der Waals surface area contributed by atoms with Gasteiger partial charge >= 0.3 is 21.7 Å². The highest BCUT2D eigenvalue weighted by Gasteiger charge is 2.46. The molecular weight excluding hydrogens is 236 g/mol. The van der Waals surface area contributed by atoms with Crippen LogP contribution >= 0.6 is 0 Å². The Balaban J connectivity index is 0.000000385. The molecule has 0 amide bonds. The summed E-state index contributed by atoms with van der Waals surface area (Å²) in [5.41, 5.74) is 0.956. The Morgan fingerprint density at radius 1 is 1.12 bits per heavy atom. The third-order valence-electron chi connectivity index (χ3n) is 1.32. The van der Waals surface area contributed by atoms with Crippen LogP contribution in [0.15, 0.2) is 29.2 Å². The smallest absolute Gasteiger partial charge is 0.282 e. The van der Waals surface area contributed by atoms with Gasteiger partial charge in [-0.05, 0) is 19.1 Å². The van der Waals surface area contributed by atoms with Gasteiger partial charge in [0.05, 0.1) is 4.90 Å². The third-order valence-corrected chi connectivity index (χ3v) is 2.19. The van der Waals surface area contributed by atoms with Gasteiger partial charge < -0.3 is 0 Å². The molecule has 0 unspecified atom stereocenters. The van der Waals surface area contributed by atoms with Crippen LogP contribution in [0.5, 0.6) is 0 Å². The summed E-state index contributed by atoms with van der Waals surface area (Å²) in [5.74, 6) is 0. The summed E-state index contributed by atoms with van der Waals surface area (Å²) in [4.78, 5) is -0.0666. The molecule has 0 aliphatic rings. The third kappa shape index (κ3) is 9.15. The van der Waals surface area contributed by atoms with Crippen molar-refractivity contribution in [2.75, 3.05) is 0 Å². The van der Waals surface area contributed by atoms with E-state index < -0.39 is 10.1 Å². The van der Waals surface area contributed by atoms with Crippen LogP contribution in [-0.2, 0) is 10.1 Å². The topological polar surface area (TPSA) is 54.4 Å². The number of benzene rings is 1. The molecule has 16 heavy (non-hydrogen) atoms. The van der Waals surface area contributed by atoms with E-state index in [1.807, 2.05) is 28.6 Å². The maximum absolute atomic E-state index is 10.5. The van der Waals surface area contributed by atoms with Crippen LogP contribution in [0.3, 0.4) is 0 Å². The highest BCUT2D eigenvalue weighted by Crippen LogP contribution is 2.13. The lowest BCUT2D eigenvalue weighted by Crippen LogP contribution is -1.96. The van der Waals surface area contributed by atoms with Crippen molar-refractivity contribution in [1.29, 1.82) is 0 Å². The first-order valence-corrected chi connectivity index (χ1v) is 7.04. The molecular formula is C11H17MgO3S+2. The second-order valence-corrected chi connectivity index (χ2v) is 8.39. The Morgan fingerprint density at radius 3 is 1.69 bits per heavy atom. The molecule has 0 saturated heterocycles. The van der Waals surface area contributed by atoms with Gasteiger partial charge in [0.25, 0.3) is 13.7 Å². The highest BCUT2D eigenvalue weighted by atomic mass is 32.2. The van der Waals surface area contributed by atoms with Gasteiger partial charge in [0.15, 0.2) is 0 Å². The lowest BCUT2D eigenvalue weighted by atomic mass is 10.2. The molecule has 0 saturated carbocycles. The molecule has 0 aliphatic heterocycles. The minimum atomic E-state index is -4.02. The molecule has 0 bridgehead atoms. The zero-order valence-corrected chi connectivity index (χ0v) is 12.4. The fourth-order valence-corrected chi connectivity index (χ4v) is 1.19. The van der Waals surface area contributed by atoms with E-state index in [0.717, 1.165) is 5.56 Å². The number of hydrogen-bond donors (Lipinski definition) is 1. The monoisotopic (exact) mass is 253 g/mol. The molecule has 0 atom stereocenters. The minimum Gasteiger partial charge on any atom is -0.282 e. The van der Waals surface area contributed by atoms with Crippen LogP contribution in [0.1, 0.15) is 26.3 Å². The van der Waals surface area contributed by atoms with E-state index in [4.69, 9.17) is 4.55 Å². The van der Waals surface area contributed by atoms with Gasteiger partial charge in [-0.25, -0.2) is 0 Å². The van der Waals surface area contributed by atoms with E-state index in [1.165, 1.54) is 12.1 Å². The summed E-state index contributed by atoms with van der Waals surface area (Å²) in [6, 6.07) is 5.99. The molecule has 0 heterocycles. The normalized spacial score (nSPS) is 11.6.